The Balaban J connectivity index is 1.68. The number of hydrogen-bond donors (Lipinski definition) is 2. The van der Waals surface area contributed by atoms with Gasteiger partial charge < -0.3 is 15.5 Å². The van der Waals surface area contributed by atoms with Crippen molar-refractivity contribution in [2.75, 3.05) is 5.73 Å². The Morgan fingerprint density at radius 1 is 1.42 bits per heavy atom. The number of carbonyl (C=O) groups is 2. The highest BCUT2D eigenvalue weighted by Crippen LogP contribution is 2.39. The third-order valence-corrected chi connectivity index (χ3v) is 5.71. The molecule has 3 aromatic heterocycles. The van der Waals surface area contributed by atoms with Gasteiger partial charge in [-0.2, -0.15) is 0 Å². The second-order valence-electron chi connectivity index (χ2n) is 7.38. The van der Waals surface area contributed by atoms with Crippen molar-refractivity contribution in [3.05, 3.63) is 46.4 Å². The maximum absolute atomic E-state index is 12.5. The molecule has 0 saturated heterocycles. The van der Waals surface area contributed by atoms with Gasteiger partial charge in [-0.3, -0.25) is 9.59 Å². The molecule has 3 N–H and O–H groups in total. The molecule has 0 radical (unpaired) electrons. The number of fused-ring (bicyclic) bond motifs is 2. The Kier molecular flexibility index (Phi) is 3.84. The quantitative estimate of drug-likeness (QED) is 0.735. The topological polar surface area (TPSA) is 98.2 Å². The number of rotatable bonds is 3. The van der Waals surface area contributed by atoms with E-state index in [1.807, 2.05) is 0 Å². The van der Waals surface area contributed by atoms with Crippen LogP contribution in [0.2, 0.25) is 0 Å². The summed E-state index contributed by atoms with van der Waals surface area (Å²) in [7, 11) is 0. The lowest BCUT2D eigenvalue weighted by Gasteiger charge is -2.29. The third-order valence-electron chi connectivity index (χ3n) is 4.60. The normalized spacial score (nSPS) is 15.8. The molecule has 3 heterocycles. The van der Waals surface area contributed by atoms with E-state index in [9.17, 15) is 9.59 Å². The van der Waals surface area contributed by atoms with Gasteiger partial charge in [0.15, 0.2) is 5.78 Å². The summed E-state index contributed by atoms with van der Waals surface area (Å²) >= 11 is 1.25. The van der Waals surface area contributed by atoms with Crippen LogP contribution in [0.3, 0.4) is 0 Å². The SMILES string of the molecule is CC1(C)CC(=O)c2cc3c(N)c(C(=O)NCc4ccco4)sc3nc2C1. The van der Waals surface area contributed by atoms with Crippen LogP contribution >= 0.6 is 11.3 Å². The van der Waals surface area contributed by atoms with Crippen LogP contribution in [0.25, 0.3) is 10.2 Å². The number of thiophene rings is 1. The van der Waals surface area contributed by atoms with Crippen LogP contribution in [0.5, 0.6) is 0 Å². The summed E-state index contributed by atoms with van der Waals surface area (Å²) in [6.07, 6.45) is 2.79. The molecule has 1 amide bonds. The van der Waals surface area contributed by atoms with E-state index in [0.29, 0.717) is 38.5 Å². The first-order valence-corrected chi connectivity index (χ1v) is 9.21. The molecule has 3 aromatic rings. The van der Waals surface area contributed by atoms with Crippen LogP contribution in [-0.2, 0) is 13.0 Å². The molecule has 0 saturated carbocycles. The number of anilines is 1. The molecule has 0 atom stereocenters. The van der Waals surface area contributed by atoms with Crippen LogP contribution in [0.4, 0.5) is 5.69 Å². The minimum Gasteiger partial charge on any atom is -0.467 e. The molecule has 0 aliphatic heterocycles. The monoisotopic (exact) mass is 369 g/mol. The summed E-state index contributed by atoms with van der Waals surface area (Å²) in [6.45, 7) is 4.42. The summed E-state index contributed by atoms with van der Waals surface area (Å²) in [6, 6.07) is 5.35. The molecular weight excluding hydrogens is 350 g/mol. The average Bonchev–Trinajstić information content (AvgIpc) is 3.18. The van der Waals surface area contributed by atoms with Gasteiger partial charge in [-0.25, -0.2) is 4.98 Å². The van der Waals surface area contributed by atoms with Gasteiger partial charge >= 0.3 is 0 Å². The molecule has 4 rings (SSSR count). The minimum absolute atomic E-state index is 0.0834. The van der Waals surface area contributed by atoms with Gasteiger partial charge in [0.2, 0.25) is 0 Å². The van der Waals surface area contributed by atoms with Crippen LogP contribution in [0, 0.1) is 5.41 Å². The fraction of sp³-hybridized carbons (Fsp3) is 0.316. The van der Waals surface area contributed by atoms with E-state index in [-0.39, 0.29) is 23.7 Å². The van der Waals surface area contributed by atoms with Crippen molar-refractivity contribution in [1.29, 1.82) is 0 Å². The largest absolute Gasteiger partial charge is 0.467 e. The number of nitrogens with one attached hydrogen (secondary N) is 1. The molecule has 0 bridgehead atoms. The zero-order valence-electron chi connectivity index (χ0n) is 14.6. The van der Waals surface area contributed by atoms with Gasteiger partial charge in [-0.1, -0.05) is 13.8 Å². The van der Waals surface area contributed by atoms with Crippen molar-refractivity contribution in [2.24, 2.45) is 5.41 Å². The standard InChI is InChI=1S/C19H19N3O3S/c1-19(2)7-13-11(14(23)8-19)6-12-15(20)16(26-18(12)22-13)17(24)21-9-10-4-3-5-25-10/h3-6H,7-9,20H2,1-2H3,(H,21,24). The fourth-order valence-corrected chi connectivity index (χ4v) is 4.34. The number of nitrogen functional groups attached to an aromatic ring is 1. The molecule has 1 aliphatic rings. The lowest BCUT2D eigenvalue weighted by molar-refractivity contribution is 0.0909. The number of pyridine rings is 1. The fourth-order valence-electron chi connectivity index (χ4n) is 3.33. The number of furan rings is 1. The van der Waals surface area contributed by atoms with Crippen LogP contribution in [0.15, 0.2) is 28.9 Å². The van der Waals surface area contributed by atoms with Crippen molar-refractivity contribution in [3.8, 4) is 0 Å². The molecular formula is C19H19N3O3S. The van der Waals surface area contributed by atoms with Crippen molar-refractivity contribution >= 4 is 38.9 Å². The van der Waals surface area contributed by atoms with Crippen LogP contribution in [0.1, 0.15) is 51.8 Å². The zero-order chi connectivity index (χ0) is 18.5. The molecule has 134 valence electrons. The van der Waals surface area contributed by atoms with Crippen molar-refractivity contribution in [3.63, 3.8) is 0 Å². The molecule has 7 heteroatoms. The Hall–Kier alpha value is -2.67. The van der Waals surface area contributed by atoms with Gasteiger partial charge in [0.25, 0.3) is 5.91 Å². The first-order valence-electron chi connectivity index (χ1n) is 8.40. The number of carbonyl (C=O) groups excluding carboxylic acids is 2. The molecule has 26 heavy (non-hydrogen) atoms. The third kappa shape index (κ3) is 2.88. The second-order valence-corrected chi connectivity index (χ2v) is 8.38. The second kappa shape index (κ2) is 5.95. The zero-order valence-corrected chi connectivity index (χ0v) is 15.4. The van der Waals surface area contributed by atoms with Gasteiger partial charge in [-0.05, 0) is 30.0 Å². The summed E-state index contributed by atoms with van der Waals surface area (Å²) in [5, 5.41) is 3.47. The summed E-state index contributed by atoms with van der Waals surface area (Å²) < 4.78 is 5.22. The lowest BCUT2D eigenvalue weighted by Crippen LogP contribution is -2.27. The highest BCUT2D eigenvalue weighted by Gasteiger charge is 2.33. The lowest BCUT2D eigenvalue weighted by atomic mass is 9.75. The van der Waals surface area contributed by atoms with Crippen molar-refractivity contribution in [2.45, 2.75) is 33.2 Å². The highest BCUT2D eigenvalue weighted by molar-refractivity contribution is 7.21. The van der Waals surface area contributed by atoms with E-state index in [4.69, 9.17) is 10.2 Å². The first-order chi connectivity index (χ1) is 12.3. The number of Topliss-reactive ketones (excluding diaryl/α,β-unsaturated/α-hetero) is 1. The Labute approximate surface area is 154 Å². The van der Waals surface area contributed by atoms with Gasteiger partial charge in [0.1, 0.15) is 15.5 Å². The summed E-state index contributed by atoms with van der Waals surface area (Å²) in [4.78, 5) is 30.7. The average molecular weight is 369 g/mol. The van der Waals surface area contributed by atoms with Gasteiger partial charge in [-0.15, -0.1) is 11.3 Å². The van der Waals surface area contributed by atoms with Crippen LogP contribution in [-0.4, -0.2) is 16.7 Å². The Morgan fingerprint density at radius 3 is 2.96 bits per heavy atom. The minimum atomic E-state index is -0.272. The van der Waals surface area contributed by atoms with E-state index in [2.05, 4.69) is 24.1 Å². The van der Waals surface area contributed by atoms with E-state index in [0.717, 1.165) is 12.1 Å². The number of ketones is 1. The number of nitrogens with zero attached hydrogens (tertiary/aromatic N) is 1. The van der Waals surface area contributed by atoms with Crippen molar-refractivity contribution < 1.29 is 14.0 Å². The van der Waals surface area contributed by atoms with E-state index < -0.39 is 0 Å². The summed E-state index contributed by atoms with van der Waals surface area (Å²) in [5.41, 5.74) is 7.89. The van der Waals surface area contributed by atoms with Gasteiger partial charge in [0, 0.05) is 17.4 Å². The van der Waals surface area contributed by atoms with Crippen LogP contribution < -0.4 is 11.1 Å². The number of amides is 1. The number of hydrogen-bond acceptors (Lipinski definition) is 6. The van der Waals surface area contributed by atoms with E-state index in [1.54, 1.807) is 24.5 Å². The maximum Gasteiger partial charge on any atom is 0.263 e. The first kappa shape index (κ1) is 16.8. The Morgan fingerprint density at radius 2 is 2.23 bits per heavy atom. The maximum atomic E-state index is 12.5. The molecule has 0 fully saturated rings. The van der Waals surface area contributed by atoms with Crippen molar-refractivity contribution in [1.82, 2.24) is 10.3 Å². The Bertz CT molecular complexity index is 1020. The van der Waals surface area contributed by atoms with E-state index in [1.165, 1.54) is 11.3 Å². The predicted octanol–water partition coefficient (Wildman–Crippen LogP) is 3.56. The predicted molar refractivity (Wildman–Crippen MR) is 100 cm³/mol. The smallest absolute Gasteiger partial charge is 0.263 e. The molecule has 0 aromatic carbocycles. The number of aromatic nitrogens is 1. The summed E-state index contributed by atoms with van der Waals surface area (Å²) in [5.74, 6) is 0.478. The molecule has 1 aliphatic carbocycles. The highest BCUT2D eigenvalue weighted by atomic mass is 32.1. The molecule has 0 spiro atoms. The molecule has 0 unspecified atom stereocenters. The molecule has 6 nitrogen and oxygen atoms in total. The van der Waals surface area contributed by atoms with E-state index >= 15 is 0 Å². The van der Waals surface area contributed by atoms with Gasteiger partial charge in [0.05, 0.1) is 24.2 Å². The number of nitrogens with two attached hydrogens (primary N) is 1.